The van der Waals surface area contributed by atoms with Crippen LogP contribution in [0.3, 0.4) is 0 Å². The van der Waals surface area contributed by atoms with Crippen molar-refractivity contribution >= 4 is 22.9 Å². The monoisotopic (exact) mass is 238 g/mol. The zero-order chi connectivity index (χ0) is 11.5. The molecule has 0 atom stereocenters. The molecular formula is C12H18N2OS. The molecule has 0 spiro atoms. The molecule has 1 heterocycles. The van der Waals surface area contributed by atoms with Crippen LogP contribution >= 0.6 is 11.3 Å². The maximum atomic E-state index is 11.7. The van der Waals surface area contributed by atoms with Crippen molar-refractivity contribution < 1.29 is 4.79 Å². The van der Waals surface area contributed by atoms with E-state index in [0.29, 0.717) is 5.69 Å². The van der Waals surface area contributed by atoms with Crippen LogP contribution in [0.5, 0.6) is 0 Å². The van der Waals surface area contributed by atoms with Gasteiger partial charge in [0.05, 0.1) is 4.88 Å². The number of hydrogen-bond acceptors (Lipinski definition) is 3. The molecule has 0 bridgehead atoms. The number of aryl methyl sites for hydroxylation is 1. The third-order valence-electron chi connectivity index (χ3n) is 2.95. The lowest BCUT2D eigenvalue weighted by atomic mass is 10.2. The lowest BCUT2D eigenvalue weighted by Gasteiger charge is -2.02. The Morgan fingerprint density at radius 3 is 2.94 bits per heavy atom. The summed E-state index contributed by atoms with van der Waals surface area (Å²) in [5.74, 6) is 0.956. The van der Waals surface area contributed by atoms with Crippen LogP contribution in [0, 0.1) is 12.8 Å². The highest BCUT2D eigenvalue weighted by Crippen LogP contribution is 2.33. The molecule has 2 rings (SSSR count). The fourth-order valence-corrected chi connectivity index (χ4v) is 2.55. The molecule has 1 aromatic heterocycles. The van der Waals surface area contributed by atoms with Gasteiger partial charge < -0.3 is 11.1 Å². The fourth-order valence-electron chi connectivity index (χ4n) is 1.69. The van der Waals surface area contributed by atoms with Crippen molar-refractivity contribution in [2.45, 2.75) is 32.6 Å². The van der Waals surface area contributed by atoms with Crippen LogP contribution in [-0.4, -0.2) is 12.5 Å². The minimum Gasteiger partial charge on any atom is -0.398 e. The summed E-state index contributed by atoms with van der Waals surface area (Å²) in [5.41, 5.74) is 6.43. The molecule has 3 nitrogen and oxygen atoms in total. The summed E-state index contributed by atoms with van der Waals surface area (Å²) in [6.07, 6.45) is 5.12. The normalized spacial score (nSPS) is 15.1. The Kier molecular flexibility index (Phi) is 3.49. The summed E-state index contributed by atoms with van der Waals surface area (Å²) in [6.45, 7) is 2.72. The lowest BCUT2D eigenvalue weighted by Crippen LogP contribution is -2.23. The Morgan fingerprint density at radius 2 is 2.38 bits per heavy atom. The van der Waals surface area contributed by atoms with E-state index < -0.39 is 0 Å². The van der Waals surface area contributed by atoms with Gasteiger partial charge in [-0.2, -0.15) is 0 Å². The van der Waals surface area contributed by atoms with Gasteiger partial charge in [-0.1, -0.05) is 12.8 Å². The van der Waals surface area contributed by atoms with E-state index in [-0.39, 0.29) is 5.91 Å². The average Bonchev–Trinajstić information content (AvgIpc) is 3.01. The summed E-state index contributed by atoms with van der Waals surface area (Å²) in [7, 11) is 0. The molecule has 1 aliphatic rings. The zero-order valence-corrected chi connectivity index (χ0v) is 10.4. The number of rotatable bonds is 5. The Bertz CT molecular complexity index is 363. The van der Waals surface area contributed by atoms with Crippen LogP contribution < -0.4 is 11.1 Å². The van der Waals surface area contributed by atoms with Crippen molar-refractivity contribution in [1.29, 1.82) is 0 Å². The number of hydrogen-bond donors (Lipinski definition) is 2. The smallest absolute Gasteiger partial charge is 0.261 e. The van der Waals surface area contributed by atoms with E-state index in [0.717, 1.165) is 28.6 Å². The molecule has 1 aliphatic carbocycles. The molecule has 88 valence electrons. The van der Waals surface area contributed by atoms with E-state index in [2.05, 4.69) is 5.32 Å². The summed E-state index contributed by atoms with van der Waals surface area (Å²) in [4.78, 5) is 13.5. The Morgan fingerprint density at radius 1 is 1.62 bits per heavy atom. The summed E-state index contributed by atoms with van der Waals surface area (Å²) < 4.78 is 0. The maximum Gasteiger partial charge on any atom is 0.261 e. The fraction of sp³-hybridized carbons (Fsp3) is 0.583. The standard InChI is InChI=1S/C12H18N2OS/c1-8-10(13)7-11(16-8)12(15)14-6-2-3-9-4-5-9/h7,9H,2-6,13H2,1H3,(H,14,15). The molecule has 1 amide bonds. The van der Waals surface area contributed by atoms with Crippen LogP contribution in [0.1, 0.15) is 40.2 Å². The average molecular weight is 238 g/mol. The molecular weight excluding hydrogens is 220 g/mol. The maximum absolute atomic E-state index is 11.7. The van der Waals surface area contributed by atoms with Crippen molar-refractivity contribution in [3.05, 3.63) is 15.8 Å². The molecule has 4 heteroatoms. The van der Waals surface area contributed by atoms with E-state index in [4.69, 9.17) is 5.73 Å². The number of thiophene rings is 1. The van der Waals surface area contributed by atoms with Crippen LogP contribution in [0.4, 0.5) is 5.69 Å². The first-order valence-corrected chi connectivity index (χ1v) is 6.62. The van der Waals surface area contributed by atoms with Crippen molar-refractivity contribution in [2.75, 3.05) is 12.3 Å². The first-order chi connectivity index (χ1) is 7.66. The van der Waals surface area contributed by atoms with E-state index in [1.54, 1.807) is 6.07 Å². The number of anilines is 1. The quantitative estimate of drug-likeness (QED) is 0.775. The van der Waals surface area contributed by atoms with Gasteiger partial charge >= 0.3 is 0 Å². The Balaban J connectivity index is 1.73. The second-order valence-corrected chi connectivity index (χ2v) is 5.72. The second-order valence-electron chi connectivity index (χ2n) is 4.46. The number of carbonyl (C=O) groups excluding carboxylic acids is 1. The topological polar surface area (TPSA) is 55.1 Å². The van der Waals surface area contributed by atoms with Gasteiger partial charge in [0.1, 0.15) is 0 Å². The Hall–Kier alpha value is -1.03. The highest BCUT2D eigenvalue weighted by atomic mass is 32.1. The van der Waals surface area contributed by atoms with Gasteiger partial charge in [0, 0.05) is 17.1 Å². The predicted molar refractivity (Wildman–Crippen MR) is 67.8 cm³/mol. The zero-order valence-electron chi connectivity index (χ0n) is 9.58. The van der Waals surface area contributed by atoms with E-state index in [9.17, 15) is 4.79 Å². The molecule has 3 N–H and O–H groups in total. The van der Waals surface area contributed by atoms with Crippen LogP contribution in [0.2, 0.25) is 0 Å². The number of nitrogens with one attached hydrogen (secondary N) is 1. The number of amides is 1. The Labute approximate surface area is 100 Å². The molecule has 16 heavy (non-hydrogen) atoms. The van der Waals surface area contributed by atoms with E-state index in [1.165, 1.54) is 30.6 Å². The molecule has 0 aromatic carbocycles. The van der Waals surface area contributed by atoms with Crippen molar-refractivity contribution in [3.8, 4) is 0 Å². The lowest BCUT2D eigenvalue weighted by molar-refractivity contribution is 0.0957. The number of carbonyl (C=O) groups is 1. The summed E-state index contributed by atoms with van der Waals surface area (Å²) in [6, 6.07) is 1.76. The van der Waals surface area contributed by atoms with Gasteiger partial charge in [0.25, 0.3) is 5.91 Å². The molecule has 0 unspecified atom stereocenters. The molecule has 1 saturated carbocycles. The first-order valence-electron chi connectivity index (χ1n) is 5.81. The van der Waals surface area contributed by atoms with Crippen LogP contribution in [0.25, 0.3) is 0 Å². The molecule has 0 radical (unpaired) electrons. The molecule has 1 aromatic rings. The molecule has 1 fully saturated rings. The molecule has 0 aliphatic heterocycles. The number of nitrogen functional groups attached to an aromatic ring is 1. The minimum atomic E-state index is 0.0144. The minimum absolute atomic E-state index is 0.0144. The van der Waals surface area contributed by atoms with Gasteiger partial charge in [-0.25, -0.2) is 0 Å². The first kappa shape index (κ1) is 11.5. The van der Waals surface area contributed by atoms with Crippen LogP contribution in [0.15, 0.2) is 6.07 Å². The van der Waals surface area contributed by atoms with E-state index >= 15 is 0 Å². The van der Waals surface area contributed by atoms with Crippen molar-refractivity contribution in [2.24, 2.45) is 5.92 Å². The van der Waals surface area contributed by atoms with Crippen LogP contribution in [-0.2, 0) is 0 Å². The van der Waals surface area contributed by atoms with Crippen molar-refractivity contribution in [3.63, 3.8) is 0 Å². The van der Waals surface area contributed by atoms with E-state index in [1.807, 2.05) is 6.92 Å². The third kappa shape index (κ3) is 2.98. The van der Waals surface area contributed by atoms with Crippen molar-refractivity contribution in [1.82, 2.24) is 5.32 Å². The highest BCUT2D eigenvalue weighted by Gasteiger charge is 2.20. The summed E-state index contributed by atoms with van der Waals surface area (Å²) in [5, 5.41) is 2.94. The highest BCUT2D eigenvalue weighted by molar-refractivity contribution is 7.14. The largest absolute Gasteiger partial charge is 0.398 e. The SMILES string of the molecule is Cc1sc(C(=O)NCCCC2CC2)cc1N. The second kappa shape index (κ2) is 4.87. The summed E-state index contributed by atoms with van der Waals surface area (Å²) >= 11 is 1.46. The third-order valence-corrected chi connectivity index (χ3v) is 4.02. The molecule has 0 saturated heterocycles. The van der Waals surface area contributed by atoms with Gasteiger partial charge in [-0.15, -0.1) is 11.3 Å². The van der Waals surface area contributed by atoms with Gasteiger partial charge in [-0.3, -0.25) is 4.79 Å². The van der Waals surface area contributed by atoms with Gasteiger partial charge in [0.2, 0.25) is 0 Å². The van der Waals surface area contributed by atoms with Gasteiger partial charge in [0.15, 0.2) is 0 Å². The van der Waals surface area contributed by atoms with Gasteiger partial charge in [-0.05, 0) is 31.7 Å². The number of nitrogens with two attached hydrogens (primary N) is 1. The predicted octanol–water partition coefficient (Wildman–Crippen LogP) is 2.56.